The zero-order chi connectivity index (χ0) is 26.3. The van der Waals surface area contributed by atoms with Crippen molar-refractivity contribution in [2.24, 2.45) is 0 Å². The summed E-state index contributed by atoms with van der Waals surface area (Å²) in [6.45, 7) is 11.1. The first-order valence-electron chi connectivity index (χ1n) is 12.5. The quantitative estimate of drug-likeness (QED) is 0.346. The minimum atomic E-state index is -0.464. The lowest BCUT2D eigenvalue weighted by atomic mass is 10.2. The highest BCUT2D eigenvalue weighted by atomic mass is 79.9. The molecule has 1 aromatic carbocycles. The Bertz CT molecular complexity index is 1140. The van der Waals surface area contributed by atoms with Crippen molar-refractivity contribution < 1.29 is 19.0 Å². The van der Waals surface area contributed by atoms with E-state index in [1.54, 1.807) is 17.3 Å². The van der Waals surface area contributed by atoms with Gasteiger partial charge in [-0.15, -0.1) is 0 Å². The standard InChI is InChI=1S/C27H34BrN5O4/c1-27(2,3)37-26(34)32-14-12-31(13-15-32)16-17-35-18-19-36-23-6-4-22(5-7-23)33-20-24(28)25(30-33)21-8-10-29-11-9-21/h4-11,20H,12-19H2,1-3H3. The van der Waals surface area contributed by atoms with Crippen LogP contribution >= 0.6 is 15.9 Å². The van der Waals surface area contributed by atoms with Gasteiger partial charge in [0.1, 0.15) is 23.7 Å². The zero-order valence-electron chi connectivity index (χ0n) is 21.6. The second-order valence-corrected chi connectivity index (χ2v) is 10.6. The molecule has 0 saturated carbocycles. The number of hydrogen-bond donors (Lipinski definition) is 0. The SMILES string of the molecule is CC(C)(C)OC(=O)N1CCN(CCOCCOc2ccc(-n3cc(Br)c(-c4ccncc4)n3)cc2)CC1. The first-order chi connectivity index (χ1) is 17.8. The molecule has 0 atom stereocenters. The van der Waals surface area contributed by atoms with Crippen molar-refractivity contribution in [3.8, 4) is 22.7 Å². The molecule has 1 fully saturated rings. The number of carbonyl (C=O) groups excluding carboxylic acids is 1. The molecule has 10 heteroatoms. The molecule has 3 heterocycles. The smallest absolute Gasteiger partial charge is 0.410 e. The fraction of sp³-hybridized carbons (Fsp3) is 0.444. The number of ether oxygens (including phenoxy) is 3. The summed E-state index contributed by atoms with van der Waals surface area (Å²) in [6, 6.07) is 11.7. The normalized spacial score (nSPS) is 14.5. The van der Waals surface area contributed by atoms with Gasteiger partial charge in [0.2, 0.25) is 0 Å². The molecule has 9 nitrogen and oxygen atoms in total. The largest absolute Gasteiger partial charge is 0.491 e. The Morgan fingerprint density at radius 3 is 2.35 bits per heavy atom. The van der Waals surface area contributed by atoms with Crippen LogP contribution in [0.2, 0.25) is 0 Å². The maximum absolute atomic E-state index is 12.2. The Morgan fingerprint density at radius 1 is 0.973 bits per heavy atom. The van der Waals surface area contributed by atoms with Gasteiger partial charge in [-0.25, -0.2) is 9.48 Å². The van der Waals surface area contributed by atoms with E-state index in [0.717, 1.165) is 46.8 Å². The number of pyridine rings is 1. The zero-order valence-corrected chi connectivity index (χ0v) is 23.2. The molecule has 37 heavy (non-hydrogen) atoms. The predicted molar refractivity (Wildman–Crippen MR) is 145 cm³/mol. The fourth-order valence-corrected chi connectivity index (χ4v) is 4.38. The Kier molecular flexibility index (Phi) is 9.18. The average Bonchev–Trinajstić information content (AvgIpc) is 3.28. The highest BCUT2D eigenvalue weighted by Gasteiger charge is 2.25. The minimum absolute atomic E-state index is 0.235. The van der Waals surface area contributed by atoms with Gasteiger partial charge >= 0.3 is 6.09 Å². The van der Waals surface area contributed by atoms with Crippen LogP contribution in [0.4, 0.5) is 4.79 Å². The predicted octanol–water partition coefficient (Wildman–Crippen LogP) is 4.64. The molecule has 1 saturated heterocycles. The summed E-state index contributed by atoms with van der Waals surface area (Å²) in [5.41, 5.74) is 2.35. The molecule has 1 aliphatic rings. The van der Waals surface area contributed by atoms with Gasteiger partial charge in [-0.1, -0.05) is 0 Å². The lowest BCUT2D eigenvalue weighted by molar-refractivity contribution is 0.0108. The third kappa shape index (κ3) is 8.02. The van der Waals surface area contributed by atoms with Crippen LogP contribution in [0.5, 0.6) is 5.75 Å². The Labute approximate surface area is 226 Å². The first kappa shape index (κ1) is 27.1. The van der Waals surface area contributed by atoms with Crippen LogP contribution in [0.3, 0.4) is 0 Å². The molecule has 0 N–H and O–H groups in total. The van der Waals surface area contributed by atoms with Crippen molar-refractivity contribution in [3.63, 3.8) is 0 Å². The van der Waals surface area contributed by atoms with E-state index in [4.69, 9.17) is 19.3 Å². The lowest BCUT2D eigenvalue weighted by Crippen LogP contribution is -2.50. The molecule has 0 spiro atoms. The summed E-state index contributed by atoms with van der Waals surface area (Å²) in [6.07, 6.45) is 5.22. The summed E-state index contributed by atoms with van der Waals surface area (Å²) < 4.78 is 19.8. The molecule has 0 aliphatic carbocycles. The van der Waals surface area contributed by atoms with E-state index >= 15 is 0 Å². The van der Waals surface area contributed by atoms with Crippen LogP contribution in [-0.2, 0) is 9.47 Å². The molecule has 1 amide bonds. The summed E-state index contributed by atoms with van der Waals surface area (Å²) in [4.78, 5) is 20.3. The highest BCUT2D eigenvalue weighted by molar-refractivity contribution is 9.10. The molecule has 0 radical (unpaired) electrons. The van der Waals surface area contributed by atoms with Gasteiger partial charge in [0.25, 0.3) is 0 Å². The number of halogens is 1. The summed E-state index contributed by atoms with van der Waals surface area (Å²) in [5, 5.41) is 4.69. The Balaban J connectivity index is 1.13. The maximum Gasteiger partial charge on any atom is 0.410 e. The van der Waals surface area contributed by atoms with Crippen molar-refractivity contribution in [1.29, 1.82) is 0 Å². The van der Waals surface area contributed by atoms with E-state index in [1.165, 1.54) is 0 Å². The molecule has 2 aromatic heterocycles. The van der Waals surface area contributed by atoms with Gasteiger partial charge < -0.3 is 19.1 Å². The summed E-state index contributed by atoms with van der Waals surface area (Å²) >= 11 is 3.60. The molecular formula is C27H34BrN5O4. The topological polar surface area (TPSA) is 82.0 Å². The number of amides is 1. The molecule has 198 valence electrons. The van der Waals surface area contributed by atoms with E-state index < -0.39 is 5.60 Å². The van der Waals surface area contributed by atoms with Crippen LogP contribution in [0.25, 0.3) is 16.9 Å². The number of rotatable bonds is 9. The highest BCUT2D eigenvalue weighted by Crippen LogP contribution is 2.27. The number of piperazine rings is 1. The second-order valence-electron chi connectivity index (χ2n) is 9.77. The van der Waals surface area contributed by atoms with Gasteiger partial charge in [0.15, 0.2) is 0 Å². The summed E-state index contributed by atoms with van der Waals surface area (Å²) in [7, 11) is 0. The van der Waals surface area contributed by atoms with E-state index in [1.807, 2.05) is 68.0 Å². The third-order valence-corrected chi connectivity index (χ3v) is 6.38. The number of aromatic nitrogens is 3. The number of benzene rings is 1. The van der Waals surface area contributed by atoms with Gasteiger partial charge in [0.05, 0.1) is 23.4 Å². The molecule has 3 aromatic rings. The van der Waals surface area contributed by atoms with Crippen molar-refractivity contribution in [2.75, 3.05) is 52.5 Å². The van der Waals surface area contributed by atoms with Gasteiger partial charge in [0, 0.05) is 56.9 Å². The third-order valence-electron chi connectivity index (χ3n) is 5.80. The van der Waals surface area contributed by atoms with Crippen molar-refractivity contribution in [2.45, 2.75) is 26.4 Å². The number of nitrogens with zero attached hydrogens (tertiary/aromatic N) is 5. The minimum Gasteiger partial charge on any atom is -0.491 e. The molecular weight excluding hydrogens is 538 g/mol. The number of carbonyl (C=O) groups is 1. The van der Waals surface area contributed by atoms with Gasteiger partial charge in [-0.3, -0.25) is 9.88 Å². The molecule has 0 unspecified atom stereocenters. The summed E-state index contributed by atoms with van der Waals surface area (Å²) in [5.74, 6) is 0.784. The van der Waals surface area contributed by atoms with E-state index in [2.05, 4.69) is 25.8 Å². The van der Waals surface area contributed by atoms with Crippen LogP contribution < -0.4 is 4.74 Å². The second kappa shape index (κ2) is 12.5. The van der Waals surface area contributed by atoms with E-state index in [9.17, 15) is 4.79 Å². The van der Waals surface area contributed by atoms with E-state index in [0.29, 0.717) is 32.9 Å². The van der Waals surface area contributed by atoms with Crippen LogP contribution in [0.1, 0.15) is 20.8 Å². The van der Waals surface area contributed by atoms with Gasteiger partial charge in [-0.2, -0.15) is 5.10 Å². The van der Waals surface area contributed by atoms with Gasteiger partial charge in [-0.05, 0) is 73.1 Å². The number of hydrogen-bond acceptors (Lipinski definition) is 7. The van der Waals surface area contributed by atoms with Crippen molar-refractivity contribution in [1.82, 2.24) is 24.6 Å². The monoisotopic (exact) mass is 571 g/mol. The van der Waals surface area contributed by atoms with Crippen LogP contribution in [-0.4, -0.2) is 88.8 Å². The van der Waals surface area contributed by atoms with Crippen molar-refractivity contribution >= 4 is 22.0 Å². The fourth-order valence-electron chi connectivity index (χ4n) is 3.88. The Hall–Kier alpha value is -2.95. The lowest BCUT2D eigenvalue weighted by Gasteiger charge is -2.35. The Morgan fingerprint density at radius 2 is 1.68 bits per heavy atom. The molecule has 1 aliphatic heterocycles. The van der Waals surface area contributed by atoms with Crippen LogP contribution in [0.15, 0.2) is 59.5 Å². The molecule has 4 rings (SSSR count). The average molecular weight is 573 g/mol. The van der Waals surface area contributed by atoms with Crippen molar-refractivity contribution in [3.05, 3.63) is 59.5 Å². The molecule has 0 bridgehead atoms. The first-order valence-corrected chi connectivity index (χ1v) is 13.2. The van der Waals surface area contributed by atoms with E-state index in [-0.39, 0.29) is 6.09 Å². The van der Waals surface area contributed by atoms with Crippen LogP contribution in [0, 0.1) is 0 Å². The maximum atomic E-state index is 12.2.